The maximum atomic E-state index is 11.9. The SMILES string of the molecule is CCOc1ccc(CN(C)Cc2cc(=O)oc3cc(C)ccc23)cc1. The van der Waals surface area contributed by atoms with Crippen LogP contribution in [-0.4, -0.2) is 18.6 Å². The van der Waals surface area contributed by atoms with Gasteiger partial charge in [-0.3, -0.25) is 4.90 Å². The van der Waals surface area contributed by atoms with E-state index < -0.39 is 0 Å². The summed E-state index contributed by atoms with van der Waals surface area (Å²) in [5.41, 5.74) is 3.61. The Morgan fingerprint density at radius 1 is 1.04 bits per heavy atom. The highest BCUT2D eigenvalue weighted by molar-refractivity contribution is 5.80. The molecular weight excluding hydrogens is 314 g/mol. The Balaban J connectivity index is 1.77. The molecule has 0 N–H and O–H groups in total. The summed E-state index contributed by atoms with van der Waals surface area (Å²) >= 11 is 0. The van der Waals surface area contributed by atoms with Gasteiger partial charge in [-0.1, -0.05) is 24.3 Å². The molecule has 4 heteroatoms. The van der Waals surface area contributed by atoms with Gasteiger partial charge in [0.25, 0.3) is 0 Å². The molecule has 0 radical (unpaired) electrons. The van der Waals surface area contributed by atoms with Gasteiger partial charge in [-0.15, -0.1) is 0 Å². The van der Waals surface area contributed by atoms with Crippen molar-refractivity contribution in [2.24, 2.45) is 0 Å². The van der Waals surface area contributed by atoms with Crippen molar-refractivity contribution < 1.29 is 9.15 Å². The molecule has 3 rings (SSSR count). The Bertz CT molecular complexity index is 913. The van der Waals surface area contributed by atoms with Gasteiger partial charge in [-0.2, -0.15) is 0 Å². The van der Waals surface area contributed by atoms with E-state index in [2.05, 4.69) is 17.0 Å². The monoisotopic (exact) mass is 337 g/mol. The molecule has 4 nitrogen and oxygen atoms in total. The summed E-state index contributed by atoms with van der Waals surface area (Å²) in [6.07, 6.45) is 0. The average molecular weight is 337 g/mol. The van der Waals surface area contributed by atoms with Crippen molar-refractivity contribution >= 4 is 11.0 Å². The summed E-state index contributed by atoms with van der Waals surface area (Å²) in [7, 11) is 2.05. The van der Waals surface area contributed by atoms with Gasteiger partial charge < -0.3 is 9.15 Å². The van der Waals surface area contributed by atoms with Gasteiger partial charge in [0, 0.05) is 24.5 Å². The first-order chi connectivity index (χ1) is 12.0. The van der Waals surface area contributed by atoms with E-state index in [1.807, 2.05) is 51.2 Å². The zero-order chi connectivity index (χ0) is 17.8. The van der Waals surface area contributed by atoms with Gasteiger partial charge in [-0.05, 0) is 55.8 Å². The summed E-state index contributed by atoms with van der Waals surface area (Å²) in [6.45, 7) is 6.11. The summed E-state index contributed by atoms with van der Waals surface area (Å²) in [5.74, 6) is 0.885. The van der Waals surface area contributed by atoms with Crippen LogP contribution in [0.2, 0.25) is 0 Å². The van der Waals surface area contributed by atoms with E-state index in [-0.39, 0.29) is 5.63 Å². The van der Waals surface area contributed by atoms with Crippen molar-refractivity contribution in [1.82, 2.24) is 4.90 Å². The summed E-state index contributed by atoms with van der Waals surface area (Å²) in [6, 6.07) is 15.7. The standard InChI is InChI=1S/C21H23NO3/c1-4-24-18-8-6-16(7-9-18)13-22(3)14-17-12-21(23)25-20-11-15(2)5-10-19(17)20/h5-12H,4,13-14H2,1-3H3. The maximum absolute atomic E-state index is 11.9. The average Bonchev–Trinajstić information content (AvgIpc) is 2.56. The Hall–Kier alpha value is -2.59. The van der Waals surface area contributed by atoms with Crippen LogP contribution in [-0.2, 0) is 13.1 Å². The normalized spacial score (nSPS) is 11.2. The molecule has 0 bridgehead atoms. The van der Waals surface area contributed by atoms with E-state index in [1.165, 1.54) is 5.56 Å². The predicted molar refractivity (Wildman–Crippen MR) is 100 cm³/mol. The molecule has 0 aliphatic carbocycles. The van der Waals surface area contributed by atoms with Crippen molar-refractivity contribution in [3.8, 4) is 5.75 Å². The van der Waals surface area contributed by atoms with Crippen LogP contribution < -0.4 is 10.4 Å². The van der Waals surface area contributed by atoms with E-state index in [0.717, 1.165) is 28.8 Å². The third-order valence-electron chi connectivity index (χ3n) is 4.11. The molecule has 0 unspecified atom stereocenters. The summed E-state index contributed by atoms with van der Waals surface area (Å²) < 4.78 is 10.8. The molecule has 1 aromatic heterocycles. The maximum Gasteiger partial charge on any atom is 0.336 e. The van der Waals surface area contributed by atoms with Crippen LogP contribution in [0.4, 0.5) is 0 Å². The Labute approximate surface area is 147 Å². The quantitative estimate of drug-likeness (QED) is 0.634. The minimum atomic E-state index is -0.303. The first-order valence-electron chi connectivity index (χ1n) is 8.49. The van der Waals surface area contributed by atoms with Gasteiger partial charge in [0.15, 0.2) is 0 Å². The molecule has 130 valence electrons. The van der Waals surface area contributed by atoms with E-state index in [4.69, 9.17) is 9.15 Å². The van der Waals surface area contributed by atoms with E-state index in [9.17, 15) is 4.79 Å². The topological polar surface area (TPSA) is 42.7 Å². The van der Waals surface area contributed by atoms with E-state index in [0.29, 0.717) is 18.7 Å². The highest BCUT2D eigenvalue weighted by atomic mass is 16.5. The minimum absolute atomic E-state index is 0.303. The second kappa shape index (κ2) is 7.53. The lowest BCUT2D eigenvalue weighted by molar-refractivity contribution is 0.318. The molecule has 3 aromatic rings. The van der Waals surface area contributed by atoms with Crippen LogP contribution in [0.3, 0.4) is 0 Å². The zero-order valence-corrected chi connectivity index (χ0v) is 14.9. The van der Waals surface area contributed by atoms with Crippen molar-refractivity contribution in [1.29, 1.82) is 0 Å². The smallest absolute Gasteiger partial charge is 0.336 e. The molecule has 0 saturated carbocycles. The van der Waals surface area contributed by atoms with Crippen LogP contribution >= 0.6 is 0 Å². The van der Waals surface area contributed by atoms with Gasteiger partial charge in [0.1, 0.15) is 11.3 Å². The number of hydrogen-bond acceptors (Lipinski definition) is 4. The van der Waals surface area contributed by atoms with Gasteiger partial charge in [0.05, 0.1) is 6.61 Å². The van der Waals surface area contributed by atoms with Gasteiger partial charge in [-0.25, -0.2) is 4.79 Å². The number of ether oxygens (including phenoxy) is 1. The predicted octanol–water partition coefficient (Wildman–Crippen LogP) is 4.13. The van der Waals surface area contributed by atoms with Crippen molar-refractivity contribution in [2.45, 2.75) is 26.9 Å². The lowest BCUT2D eigenvalue weighted by Crippen LogP contribution is -2.18. The summed E-state index contributed by atoms with van der Waals surface area (Å²) in [4.78, 5) is 14.0. The lowest BCUT2D eigenvalue weighted by atomic mass is 10.1. The largest absolute Gasteiger partial charge is 0.494 e. The third kappa shape index (κ3) is 4.28. The van der Waals surface area contributed by atoms with Crippen LogP contribution in [0.5, 0.6) is 5.75 Å². The molecule has 1 heterocycles. The van der Waals surface area contributed by atoms with E-state index in [1.54, 1.807) is 6.07 Å². The molecular formula is C21H23NO3. The fourth-order valence-corrected chi connectivity index (χ4v) is 2.98. The molecule has 0 spiro atoms. The Morgan fingerprint density at radius 3 is 2.52 bits per heavy atom. The van der Waals surface area contributed by atoms with Gasteiger partial charge >= 0.3 is 5.63 Å². The number of hydrogen-bond donors (Lipinski definition) is 0. The first-order valence-corrected chi connectivity index (χ1v) is 8.49. The molecule has 0 amide bonds. The minimum Gasteiger partial charge on any atom is -0.494 e. The number of fused-ring (bicyclic) bond motifs is 1. The highest BCUT2D eigenvalue weighted by Crippen LogP contribution is 2.20. The number of rotatable bonds is 6. The first kappa shape index (κ1) is 17.2. The van der Waals surface area contributed by atoms with E-state index >= 15 is 0 Å². The van der Waals surface area contributed by atoms with Gasteiger partial charge in [0.2, 0.25) is 0 Å². The molecule has 25 heavy (non-hydrogen) atoms. The van der Waals surface area contributed by atoms with Crippen molar-refractivity contribution in [3.63, 3.8) is 0 Å². The molecule has 0 aliphatic rings. The van der Waals surface area contributed by atoms with Crippen LogP contribution in [0.1, 0.15) is 23.6 Å². The fourth-order valence-electron chi connectivity index (χ4n) is 2.98. The Morgan fingerprint density at radius 2 is 1.80 bits per heavy atom. The third-order valence-corrected chi connectivity index (χ3v) is 4.11. The number of aryl methyl sites for hydroxylation is 1. The molecule has 0 atom stereocenters. The van der Waals surface area contributed by atoms with Crippen LogP contribution in [0, 0.1) is 6.92 Å². The van der Waals surface area contributed by atoms with Crippen LogP contribution in [0.25, 0.3) is 11.0 Å². The number of benzene rings is 2. The second-order valence-corrected chi connectivity index (χ2v) is 6.34. The highest BCUT2D eigenvalue weighted by Gasteiger charge is 2.09. The molecule has 2 aromatic carbocycles. The zero-order valence-electron chi connectivity index (χ0n) is 14.9. The molecule has 0 fully saturated rings. The Kier molecular flexibility index (Phi) is 5.19. The van der Waals surface area contributed by atoms with Crippen LogP contribution in [0.15, 0.2) is 57.7 Å². The number of nitrogens with zero attached hydrogens (tertiary/aromatic N) is 1. The second-order valence-electron chi connectivity index (χ2n) is 6.34. The molecule has 0 aliphatic heterocycles. The fraction of sp³-hybridized carbons (Fsp3) is 0.286. The van der Waals surface area contributed by atoms with Crippen molar-refractivity contribution in [3.05, 3.63) is 75.6 Å². The lowest BCUT2D eigenvalue weighted by Gasteiger charge is -2.18. The van der Waals surface area contributed by atoms with Crippen molar-refractivity contribution in [2.75, 3.05) is 13.7 Å². The summed E-state index contributed by atoms with van der Waals surface area (Å²) in [5, 5.41) is 0.990. The molecule has 0 saturated heterocycles.